The van der Waals surface area contributed by atoms with Gasteiger partial charge in [0.1, 0.15) is 0 Å². The lowest BCUT2D eigenvalue weighted by Crippen LogP contribution is -2.53. The summed E-state index contributed by atoms with van der Waals surface area (Å²) in [6.07, 6.45) is 1.17. The van der Waals surface area contributed by atoms with Crippen LogP contribution in [0.1, 0.15) is 6.42 Å². The van der Waals surface area contributed by atoms with Gasteiger partial charge < -0.3 is 10.2 Å². The van der Waals surface area contributed by atoms with Gasteiger partial charge in [0.25, 0.3) is 0 Å². The zero-order valence-corrected chi connectivity index (χ0v) is 8.77. The lowest BCUT2D eigenvalue weighted by atomic mass is 10.0. The molecule has 2 heterocycles. The zero-order chi connectivity index (χ0) is 9.26. The second-order valence-electron chi connectivity index (χ2n) is 3.82. The van der Waals surface area contributed by atoms with Crippen molar-refractivity contribution >= 4 is 17.7 Å². The van der Waals surface area contributed by atoms with Crippen LogP contribution in [0.25, 0.3) is 0 Å². The number of nitrogens with zero attached hydrogens (tertiary/aromatic N) is 1. The van der Waals surface area contributed by atoms with Crippen molar-refractivity contribution in [1.29, 1.82) is 0 Å². The van der Waals surface area contributed by atoms with Crippen LogP contribution in [0.4, 0.5) is 0 Å². The van der Waals surface area contributed by atoms with Crippen LogP contribution in [-0.2, 0) is 4.79 Å². The molecule has 0 saturated carbocycles. The van der Waals surface area contributed by atoms with E-state index in [1.807, 2.05) is 23.7 Å². The molecular formula is C9H16N2OS. The van der Waals surface area contributed by atoms with E-state index in [1.54, 1.807) is 0 Å². The molecule has 0 aliphatic carbocycles. The van der Waals surface area contributed by atoms with Gasteiger partial charge in [0.2, 0.25) is 5.91 Å². The quantitative estimate of drug-likeness (QED) is 0.689. The molecule has 1 N–H and O–H groups in total. The molecule has 2 fully saturated rings. The minimum absolute atomic E-state index is 0.260. The maximum atomic E-state index is 11.8. The van der Waals surface area contributed by atoms with Crippen LogP contribution in [0.15, 0.2) is 0 Å². The second kappa shape index (κ2) is 3.88. The Hall–Kier alpha value is -0.220. The summed E-state index contributed by atoms with van der Waals surface area (Å²) in [7, 11) is 1.96. The Morgan fingerprint density at radius 2 is 2.31 bits per heavy atom. The van der Waals surface area contributed by atoms with Gasteiger partial charge >= 0.3 is 0 Å². The molecule has 0 bridgehead atoms. The predicted molar refractivity (Wildman–Crippen MR) is 54.9 cm³/mol. The maximum absolute atomic E-state index is 11.8. The van der Waals surface area contributed by atoms with E-state index in [0.29, 0.717) is 11.9 Å². The highest BCUT2D eigenvalue weighted by molar-refractivity contribution is 7.99. The highest BCUT2D eigenvalue weighted by Crippen LogP contribution is 2.22. The first kappa shape index (κ1) is 9.34. The van der Waals surface area contributed by atoms with Crippen LogP contribution in [0.2, 0.25) is 0 Å². The third kappa shape index (κ3) is 1.83. The van der Waals surface area contributed by atoms with Crippen molar-refractivity contribution in [1.82, 2.24) is 10.2 Å². The maximum Gasteiger partial charge on any atom is 0.228 e. The Balaban J connectivity index is 1.87. The van der Waals surface area contributed by atoms with E-state index < -0.39 is 0 Å². The van der Waals surface area contributed by atoms with E-state index in [4.69, 9.17) is 0 Å². The van der Waals surface area contributed by atoms with Crippen LogP contribution >= 0.6 is 11.8 Å². The molecule has 74 valence electrons. The molecule has 1 atom stereocenters. The standard InChI is InChI=1S/C9H16N2OS/c1-11(8-2-3-13-6-8)9(12)7-4-10-5-7/h7-8,10H,2-6H2,1H3/t8-/m1/s1. The molecule has 1 amide bonds. The van der Waals surface area contributed by atoms with Crippen molar-refractivity contribution in [3.05, 3.63) is 0 Å². The molecule has 4 heteroatoms. The number of carbonyl (C=O) groups is 1. The second-order valence-corrected chi connectivity index (χ2v) is 4.97. The minimum Gasteiger partial charge on any atom is -0.342 e. The highest BCUT2D eigenvalue weighted by atomic mass is 32.2. The van der Waals surface area contributed by atoms with Crippen molar-refractivity contribution in [2.75, 3.05) is 31.6 Å². The molecule has 0 unspecified atom stereocenters. The molecule has 0 spiro atoms. The Morgan fingerprint density at radius 3 is 2.77 bits per heavy atom. The lowest BCUT2D eigenvalue weighted by Gasteiger charge is -2.33. The number of nitrogens with one attached hydrogen (secondary N) is 1. The van der Waals surface area contributed by atoms with Gasteiger partial charge in [0.05, 0.1) is 5.92 Å². The van der Waals surface area contributed by atoms with E-state index in [9.17, 15) is 4.79 Å². The number of thioether (sulfide) groups is 1. The van der Waals surface area contributed by atoms with E-state index >= 15 is 0 Å². The normalized spacial score (nSPS) is 28.5. The molecule has 2 rings (SSSR count). The molecule has 0 aromatic carbocycles. The average molecular weight is 200 g/mol. The third-order valence-electron chi connectivity index (χ3n) is 2.93. The smallest absolute Gasteiger partial charge is 0.228 e. The predicted octanol–water partition coefficient (Wildman–Crippen LogP) is 0.170. The molecular weight excluding hydrogens is 184 g/mol. The molecule has 2 aliphatic rings. The first-order valence-electron chi connectivity index (χ1n) is 4.84. The summed E-state index contributed by atoms with van der Waals surface area (Å²) >= 11 is 1.96. The first-order chi connectivity index (χ1) is 6.29. The summed E-state index contributed by atoms with van der Waals surface area (Å²) in [6, 6.07) is 0.498. The van der Waals surface area contributed by atoms with E-state index in [-0.39, 0.29) is 5.92 Å². The van der Waals surface area contributed by atoms with E-state index in [2.05, 4.69) is 5.32 Å². The van der Waals surface area contributed by atoms with Gasteiger partial charge in [-0.2, -0.15) is 11.8 Å². The van der Waals surface area contributed by atoms with Gasteiger partial charge in [-0.25, -0.2) is 0 Å². The number of rotatable bonds is 2. The number of hydrogen-bond acceptors (Lipinski definition) is 3. The van der Waals surface area contributed by atoms with Gasteiger partial charge in [0, 0.05) is 31.9 Å². The molecule has 0 radical (unpaired) electrons. The summed E-state index contributed by atoms with van der Waals surface area (Å²) in [5.74, 6) is 2.94. The number of hydrogen-bond donors (Lipinski definition) is 1. The Morgan fingerprint density at radius 1 is 1.54 bits per heavy atom. The fourth-order valence-electron chi connectivity index (χ4n) is 1.76. The number of carbonyl (C=O) groups excluding carboxylic acids is 1. The molecule has 13 heavy (non-hydrogen) atoms. The van der Waals surface area contributed by atoms with Crippen LogP contribution in [0.3, 0.4) is 0 Å². The fourth-order valence-corrected chi connectivity index (χ4v) is 3.03. The summed E-state index contributed by atoms with van der Waals surface area (Å²) < 4.78 is 0. The monoisotopic (exact) mass is 200 g/mol. The Kier molecular flexibility index (Phi) is 2.79. The van der Waals surface area contributed by atoms with Crippen LogP contribution in [-0.4, -0.2) is 48.5 Å². The minimum atomic E-state index is 0.260. The zero-order valence-electron chi connectivity index (χ0n) is 7.95. The average Bonchev–Trinajstić information content (AvgIpc) is 2.51. The molecule has 0 aromatic rings. The lowest BCUT2D eigenvalue weighted by molar-refractivity contribution is -0.137. The van der Waals surface area contributed by atoms with Gasteiger partial charge in [-0.15, -0.1) is 0 Å². The number of amides is 1. The summed E-state index contributed by atoms with van der Waals surface area (Å²) in [6.45, 7) is 1.76. The van der Waals surface area contributed by atoms with Gasteiger partial charge in [-0.1, -0.05) is 0 Å². The highest BCUT2D eigenvalue weighted by Gasteiger charge is 2.31. The molecule has 2 aliphatic heterocycles. The largest absolute Gasteiger partial charge is 0.342 e. The van der Waals surface area contributed by atoms with Crippen molar-refractivity contribution in [3.63, 3.8) is 0 Å². The summed E-state index contributed by atoms with van der Waals surface area (Å²) in [5.41, 5.74) is 0. The fraction of sp³-hybridized carbons (Fsp3) is 0.889. The van der Waals surface area contributed by atoms with Crippen molar-refractivity contribution < 1.29 is 4.79 Å². The van der Waals surface area contributed by atoms with Crippen molar-refractivity contribution in [2.24, 2.45) is 5.92 Å². The van der Waals surface area contributed by atoms with Crippen molar-refractivity contribution in [2.45, 2.75) is 12.5 Å². The van der Waals surface area contributed by atoms with Crippen LogP contribution < -0.4 is 5.32 Å². The first-order valence-corrected chi connectivity index (χ1v) is 5.99. The van der Waals surface area contributed by atoms with Crippen LogP contribution in [0, 0.1) is 5.92 Å². The Labute approximate surface area is 83.2 Å². The van der Waals surface area contributed by atoms with E-state index in [0.717, 1.165) is 18.8 Å². The SMILES string of the molecule is CN(C(=O)C1CNC1)[C@@H]1CCSC1. The molecule has 2 saturated heterocycles. The van der Waals surface area contributed by atoms with E-state index in [1.165, 1.54) is 12.2 Å². The Bertz CT molecular complexity index is 200. The van der Waals surface area contributed by atoms with Gasteiger partial charge in [0.15, 0.2) is 0 Å². The van der Waals surface area contributed by atoms with Gasteiger partial charge in [-0.3, -0.25) is 4.79 Å². The summed E-state index contributed by atoms with van der Waals surface area (Å²) in [5, 5.41) is 3.13. The molecule has 3 nitrogen and oxygen atoms in total. The summed E-state index contributed by atoms with van der Waals surface area (Å²) in [4.78, 5) is 13.8. The topological polar surface area (TPSA) is 32.3 Å². The molecule has 0 aromatic heterocycles. The van der Waals surface area contributed by atoms with Crippen LogP contribution in [0.5, 0.6) is 0 Å². The van der Waals surface area contributed by atoms with Gasteiger partial charge in [-0.05, 0) is 12.2 Å². The van der Waals surface area contributed by atoms with Crippen molar-refractivity contribution in [3.8, 4) is 0 Å². The third-order valence-corrected chi connectivity index (χ3v) is 4.08.